The standard InChI is InChI=1S/C16H15NO2/c1-10-7-14-15(8-11(10)2)19-16(17-14)13-5-3-12(9-18)4-6-13/h3-8,18H,9H2,1-2H3. The molecule has 2 aromatic carbocycles. The molecule has 3 nitrogen and oxygen atoms in total. The number of hydrogen-bond donors (Lipinski definition) is 1. The zero-order chi connectivity index (χ0) is 13.4. The fourth-order valence-corrected chi connectivity index (χ4v) is 2.06. The van der Waals surface area contributed by atoms with Gasteiger partial charge in [-0.25, -0.2) is 4.98 Å². The molecule has 0 atom stereocenters. The smallest absolute Gasteiger partial charge is 0.227 e. The van der Waals surface area contributed by atoms with E-state index in [1.807, 2.05) is 36.4 Å². The van der Waals surface area contributed by atoms with E-state index in [0.717, 1.165) is 22.2 Å². The number of aryl methyl sites for hydroxylation is 2. The first kappa shape index (κ1) is 11.9. The molecule has 3 aromatic rings. The molecule has 3 heteroatoms. The highest BCUT2D eigenvalue weighted by Crippen LogP contribution is 2.26. The number of oxazole rings is 1. The third-order valence-electron chi connectivity index (χ3n) is 3.39. The van der Waals surface area contributed by atoms with Crippen LogP contribution < -0.4 is 0 Å². The number of fused-ring (bicyclic) bond motifs is 1. The zero-order valence-electron chi connectivity index (χ0n) is 11.0. The molecular formula is C16H15NO2. The van der Waals surface area contributed by atoms with Gasteiger partial charge in [0.2, 0.25) is 5.89 Å². The molecule has 1 heterocycles. The van der Waals surface area contributed by atoms with E-state index in [1.165, 1.54) is 11.1 Å². The summed E-state index contributed by atoms with van der Waals surface area (Å²) in [4.78, 5) is 4.51. The number of aliphatic hydroxyl groups excluding tert-OH is 1. The molecule has 0 saturated heterocycles. The molecule has 1 N–H and O–H groups in total. The molecular weight excluding hydrogens is 238 g/mol. The van der Waals surface area contributed by atoms with Crippen LogP contribution in [-0.2, 0) is 6.61 Å². The van der Waals surface area contributed by atoms with Crippen LogP contribution in [0, 0.1) is 13.8 Å². The van der Waals surface area contributed by atoms with Gasteiger partial charge in [-0.05, 0) is 54.8 Å². The summed E-state index contributed by atoms with van der Waals surface area (Å²) in [5, 5.41) is 9.04. The van der Waals surface area contributed by atoms with Crippen molar-refractivity contribution in [3.05, 3.63) is 53.1 Å². The number of aromatic nitrogens is 1. The minimum Gasteiger partial charge on any atom is -0.436 e. The third kappa shape index (κ3) is 2.13. The molecule has 0 spiro atoms. The van der Waals surface area contributed by atoms with Crippen molar-refractivity contribution in [3.63, 3.8) is 0 Å². The third-order valence-corrected chi connectivity index (χ3v) is 3.39. The highest BCUT2D eigenvalue weighted by atomic mass is 16.3. The molecule has 0 unspecified atom stereocenters. The predicted octanol–water partition coefficient (Wildman–Crippen LogP) is 3.60. The van der Waals surface area contributed by atoms with E-state index in [2.05, 4.69) is 18.8 Å². The second-order valence-electron chi connectivity index (χ2n) is 4.78. The minimum atomic E-state index is 0.0478. The van der Waals surface area contributed by atoms with Gasteiger partial charge in [0.15, 0.2) is 5.58 Å². The molecule has 0 bridgehead atoms. The van der Waals surface area contributed by atoms with Crippen molar-refractivity contribution in [2.75, 3.05) is 0 Å². The van der Waals surface area contributed by atoms with Crippen molar-refractivity contribution in [1.82, 2.24) is 4.98 Å². The van der Waals surface area contributed by atoms with Crippen LogP contribution >= 0.6 is 0 Å². The lowest BCUT2D eigenvalue weighted by molar-refractivity contribution is 0.282. The fraction of sp³-hybridized carbons (Fsp3) is 0.188. The first-order valence-electron chi connectivity index (χ1n) is 6.25. The Kier molecular flexibility index (Phi) is 2.84. The second kappa shape index (κ2) is 4.52. The zero-order valence-corrected chi connectivity index (χ0v) is 11.0. The lowest BCUT2D eigenvalue weighted by atomic mass is 10.1. The Morgan fingerprint density at radius 1 is 1.05 bits per heavy atom. The molecule has 0 amide bonds. The molecule has 0 aliphatic carbocycles. The minimum absolute atomic E-state index is 0.0478. The molecule has 3 rings (SSSR count). The maximum Gasteiger partial charge on any atom is 0.227 e. The Labute approximate surface area is 111 Å². The van der Waals surface area contributed by atoms with E-state index in [4.69, 9.17) is 9.52 Å². The van der Waals surface area contributed by atoms with Crippen molar-refractivity contribution in [2.45, 2.75) is 20.5 Å². The summed E-state index contributed by atoms with van der Waals surface area (Å²) < 4.78 is 5.79. The van der Waals surface area contributed by atoms with Crippen LogP contribution in [0.1, 0.15) is 16.7 Å². The van der Waals surface area contributed by atoms with E-state index in [9.17, 15) is 0 Å². The van der Waals surface area contributed by atoms with Gasteiger partial charge in [0.25, 0.3) is 0 Å². The molecule has 0 saturated carbocycles. The van der Waals surface area contributed by atoms with Gasteiger partial charge in [0.05, 0.1) is 6.61 Å². The van der Waals surface area contributed by atoms with Crippen molar-refractivity contribution in [1.29, 1.82) is 0 Å². The van der Waals surface area contributed by atoms with Gasteiger partial charge in [-0.1, -0.05) is 12.1 Å². The van der Waals surface area contributed by atoms with Crippen LogP contribution in [0.3, 0.4) is 0 Å². The van der Waals surface area contributed by atoms with Crippen LogP contribution in [0.15, 0.2) is 40.8 Å². The van der Waals surface area contributed by atoms with Gasteiger partial charge >= 0.3 is 0 Å². The van der Waals surface area contributed by atoms with Crippen molar-refractivity contribution >= 4 is 11.1 Å². The summed E-state index contributed by atoms with van der Waals surface area (Å²) in [6, 6.07) is 11.6. The van der Waals surface area contributed by atoms with Crippen LogP contribution in [0.25, 0.3) is 22.6 Å². The van der Waals surface area contributed by atoms with E-state index in [1.54, 1.807) is 0 Å². The molecule has 96 valence electrons. The summed E-state index contributed by atoms with van der Waals surface area (Å²) in [5.74, 6) is 0.615. The van der Waals surface area contributed by atoms with Crippen molar-refractivity contribution < 1.29 is 9.52 Å². The topological polar surface area (TPSA) is 46.3 Å². The SMILES string of the molecule is Cc1cc2nc(-c3ccc(CO)cc3)oc2cc1C. The summed E-state index contributed by atoms with van der Waals surface area (Å²) in [7, 11) is 0. The van der Waals surface area contributed by atoms with Crippen molar-refractivity contribution in [2.24, 2.45) is 0 Å². The Morgan fingerprint density at radius 3 is 2.42 bits per heavy atom. The van der Waals surface area contributed by atoms with Gasteiger partial charge in [-0.3, -0.25) is 0 Å². The van der Waals surface area contributed by atoms with E-state index in [0.29, 0.717) is 5.89 Å². The molecule has 19 heavy (non-hydrogen) atoms. The largest absolute Gasteiger partial charge is 0.436 e. The summed E-state index contributed by atoms with van der Waals surface area (Å²) in [6.45, 7) is 4.18. The van der Waals surface area contributed by atoms with Gasteiger partial charge in [0.1, 0.15) is 5.52 Å². The first-order valence-corrected chi connectivity index (χ1v) is 6.25. The maximum absolute atomic E-state index is 9.04. The Morgan fingerprint density at radius 2 is 1.74 bits per heavy atom. The highest BCUT2D eigenvalue weighted by Gasteiger charge is 2.09. The molecule has 0 radical (unpaired) electrons. The average Bonchev–Trinajstić information content (AvgIpc) is 2.82. The molecule has 0 aliphatic rings. The number of hydrogen-bond acceptors (Lipinski definition) is 3. The summed E-state index contributed by atoms with van der Waals surface area (Å²) in [6.07, 6.45) is 0. The normalized spacial score (nSPS) is 11.1. The average molecular weight is 253 g/mol. The van der Waals surface area contributed by atoms with E-state index >= 15 is 0 Å². The lowest BCUT2D eigenvalue weighted by Crippen LogP contribution is -1.83. The van der Waals surface area contributed by atoms with Crippen molar-refractivity contribution in [3.8, 4) is 11.5 Å². The maximum atomic E-state index is 9.04. The number of nitrogens with zero attached hydrogens (tertiary/aromatic N) is 1. The number of benzene rings is 2. The quantitative estimate of drug-likeness (QED) is 0.759. The first-order chi connectivity index (χ1) is 9.17. The van der Waals surface area contributed by atoms with Crippen LogP contribution in [0.5, 0.6) is 0 Å². The van der Waals surface area contributed by atoms with Crippen LogP contribution in [0.2, 0.25) is 0 Å². The van der Waals surface area contributed by atoms with Gasteiger partial charge in [-0.2, -0.15) is 0 Å². The molecule has 1 aromatic heterocycles. The fourth-order valence-electron chi connectivity index (χ4n) is 2.06. The Balaban J connectivity index is 2.09. The highest BCUT2D eigenvalue weighted by molar-refractivity contribution is 5.78. The van der Waals surface area contributed by atoms with E-state index < -0.39 is 0 Å². The second-order valence-corrected chi connectivity index (χ2v) is 4.78. The molecule has 0 fully saturated rings. The van der Waals surface area contributed by atoms with Gasteiger partial charge in [-0.15, -0.1) is 0 Å². The number of rotatable bonds is 2. The number of aliphatic hydroxyl groups is 1. The predicted molar refractivity (Wildman–Crippen MR) is 74.8 cm³/mol. The summed E-state index contributed by atoms with van der Waals surface area (Å²) >= 11 is 0. The lowest BCUT2D eigenvalue weighted by Gasteiger charge is -1.97. The van der Waals surface area contributed by atoms with Crippen LogP contribution in [0.4, 0.5) is 0 Å². The van der Waals surface area contributed by atoms with Gasteiger partial charge < -0.3 is 9.52 Å². The van der Waals surface area contributed by atoms with Gasteiger partial charge in [0, 0.05) is 5.56 Å². The van der Waals surface area contributed by atoms with E-state index in [-0.39, 0.29) is 6.61 Å². The Bertz CT molecular complexity index is 687. The monoisotopic (exact) mass is 253 g/mol. The molecule has 0 aliphatic heterocycles. The van der Waals surface area contributed by atoms with Crippen LogP contribution in [-0.4, -0.2) is 10.1 Å². The summed E-state index contributed by atoms with van der Waals surface area (Å²) in [5.41, 5.74) is 5.90. The Hall–Kier alpha value is -2.13.